The summed E-state index contributed by atoms with van der Waals surface area (Å²) in [5.74, 6) is 0.750. The summed E-state index contributed by atoms with van der Waals surface area (Å²) >= 11 is 0. The summed E-state index contributed by atoms with van der Waals surface area (Å²) in [7, 11) is 1.60. The molecule has 2 aromatic heterocycles. The van der Waals surface area contributed by atoms with Crippen molar-refractivity contribution in [2.75, 3.05) is 56.7 Å². The van der Waals surface area contributed by atoms with Gasteiger partial charge in [-0.15, -0.1) is 0 Å². The van der Waals surface area contributed by atoms with Crippen molar-refractivity contribution in [2.24, 2.45) is 0 Å². The minimum atomic E-state index is -0.475. The number of urea groups is 1. The predicted molar refractivity (Wildman–Crippen MR) is 138 cm³/mol. The first-order chi connectivity index (χ1) is 19.0. The Morgan fingerprint density at radius 1 is 1.33 bits per heavy atom. The van der Waals surface area contributed by atoms with E-state index < -0.39 is 6.03 Å². The zero-order valence-electron chi connectivity index (χ0n) is 21.5. The molecule has 3 amide bonds. The molecule has 3 aliphatic heterocycles. The molecule has 0 unspecified atom stereocenters. The number of morpholine rings is 1. The maximum atomic E-state index is 13.3. The molecule has 0 aromatic carbocycles. The zero-order valence-corrected chi connectivity index (χ0v) is 21.5. The third kappa shape index (κ3) is 5.68. The van der Waals surface area contributed by atoms with Gasteiger partial charge in [-0.25, -0.2) is 14.8 Å². The van der Waals surface area contributed by atoms with Gasteiger partial charge in [0, 0.05) is 51.5 Å². The standard InChI is InChI=1S/C26H29N7O6/c1-37-21-11-28-12-22(21)39-20-8-23(29-10-18(20)9-27)31-26(36)33-4-2-3-16-7-17(19(14-34)30-25(16)33)13-32-5-6-38-15-24(32)35/h7-8,10,14,21-22,28H,2-6,11-13,15H2,1H3,(H,29,31,36)/t21-,22-/m0/s1. The molecule has 204 valence electrons. The number of amides is 3. The van der Waals surface area contributed by atoms with Crippen molar-refractivity contribution in [3.8, 4) is 11.8 Å². The third-order valence-corrected chi connectivity index (χ3v) is 6.98. The maximum absolute atomic E-state index is 13.3. The van der Waals surface area contributed by atoms with E-state index in [2.05, 4.69) is 26.7 Å². The third-order valence-electron chi connectivity index (χ3n) is 6.98. The lowest BCUT2D eigenvalue weighted by Crippen LogP contribution is -2.42. The molecule has 0 spiro atoms. The molecular formula is C26H29N7O6. The summed E-state index contributed by atoms with van der Waals surface area (Å²) in [6, 6.07) is 4.95. The number of methoxy groups -OCH3 is 1. The van der Waals surface area contributed by atoms with Crippen LogP contribution in [0.3, 0.4) is 0 Å². The molecule has 13 heteroatoms. The maximum Gasteiger partial charge on any atom is 0.328 e. The smallest absolute Gasteiger partial charge is 0.328 e. The number of pyridine rings is 2. The van der Waals surface area contributed by atoms with Crippen molar-refractivity contribution in [3.05, 3.63) is 40.7 Å². The summed E-state index contributed by atoms with van der Waals surface area (Å²) in [6.45, 7) is 2.74. The van der Waals surface area contributed by atoms with Gasteiger partial charge in [0.2, 0.25) is 5.91 Å². The number of nitriles is 1. The summed E-state index contributed by atoms with van der Waals surface area (Å²) < 4.78 is 16.7. The Bertz CT molecular complexity index is 1310. The molecule has 13 nitrogen and oxygen atoms in total. The monoisotopic (exact) mass is 535 g/mol. The molecule has 0 bridgehead atoms. The van der Waals surface area contributed by atoms with E-state index in [1.165, 1.54) is 17.2 Å². The van der Waals surface area contributed by atoms with Crippen LogP contribution in [-0.2, 0) is 27.2 Å². The Balaban J connectivity index is 1.35. The molecule has 0 radical (unpaired) electrons. The van der Waals surface area contributed by atoms with Crippen LogP contribution in [0.5, 0.6) is 5.75 Å². The van der Waals surface area contributed by atoms with E-state index in [9.17, 15) is 19.6 Å². The highest BCUT2D eigenvalue weighted by Gasteiger charge is 2.30. The molecule has 0 saturated carbocycles. The number of aryl methyl sites for hydroxylation is 1. The minimum Gasteiger partial charge on any atom is -0.485 e. The topological polar surface area (TPSA) is 159 Å². The van der Waals surface area contributed by atoms with Crippen LogP contribution < -0.4 is 20.3 Å². The Labute approximate surface area is 225 Å². The first-order valence-electron chi connectivity index (χ1n) is 12.7. The molecule has 2 aromatic rings. The van der Waals surface area contributed by atoms with Gasteiger partial charge in [-0.3, -0.25) is 19.8 Å². The number of aromatic nitrogens is 2. The van der Waals surface area contributed by atoms with Gasteiger partial charge in [-0.05, 0) is 24.5 Å². The van der Waals surface area contributed by atoms with E-state index in [1.807, 2.05) is 6.07 Å². The van der Waals surface area contributed by atoms with Crippen LogP contribution in [0.2, 0.25) is 0 Å². The van der Waals surface area contributed by atoms with E-state index in [1.54, 1.807) is 12.0 Å². The normalized spacial score (nSPS) is 20.8. The molecule has 2 N–H and O–H groups in total. The molecule has 2 atom stereocenters. The summed E-state index contributed by atoms with van der Waals surface area (Å²) in [5, 5.41) is 15.5. The van der Waals surface area contributed by atoms with Crippen molar-refractivity contribution < 1.29 is 28.6 Å². The average molecular weight is 536 g/mol. The first-order valence-corrected chi connectivity index (χ1v) is 12.7. The van der Waals surface area contributed by atoms with Gasteiger partial charge >= 0.3 is 6.03 Å². The predicted octanol–water partition coefficient (Wildman–Crippen LogP) is 0.870. The van der Waals surface area contributed by atoms with Gasteiger partial charge in [-0.1, -0.05) is 0 Å². The Kier molecular flexibility index (Phi) is 7.97. The fraction of sp³-hybridized carbons (Fsp3) is 0.462. The van der Waals surface area contributed by atoms with Crippen molar-refractivity contribution >= 4 is 29.9 Å². The number of carbonyl (C=O) groups is 3. The van der Waals surface area contributed by atoms with Crippen molar-refractivity contribution in [1.29, 1.82) is 5.26 Å². The van der Waals surface area contributed by atoms with Crippen LogP contribution in [0, 0.1) is 11.3 Å². The Morgan fingerprint density at radius 3 is 2.95 bits per heavy atom. The molecular weight excluding hydrogens is 506 g/mol. The Morgan fingerprint density at radius 2 is 2.18 bits per heavy atom. The molecule has 39 heavy (non-hydrogen) atoms. The minimum absolute atomic E-state index is 0.0172. The number of ether oxygens (including phenoxy) is 3. The van der Waals surface area contributed by atoms with Crippen LogP contribution in [0.4, 0.5) is 16.4 Å². The van der Waals surface area contributed by atoms with Crippen LogP contribution >= 0.6 is 0 Å². The number of nitrogens with zero attached hydrogens (tertiary/aromatic N) is 5. The highest BCUT2D eigenvalue weighted by atomic mass is 16.5. The fourth-order valence-corrected chi connectivity index (χ4v) is 4.92. The molecule has 5 rings (SSSR count). The van der Waals surface area contributed by atoms with Gasteiger partial charge in [0.15, 0.2) is 6.29 Å². The van der Waals surface area contributed by atoms with Crippen molar-refractivity contribution in [3.63, 3.8) is 0 Å². The van der Waals surface area contributed by atoms with Gasteiger partial charge in [0.05, 0.1) is 12.8 Å². The van der Waals surface area contributed by atoms with E-state index in [-0.39, 0.29) is 48.3 Å². The second-order valence-electron chi connectivity index (χ2n) is 9.45. The molecule has 2 fully saturated rings. The lowest BCUT2D eigenvalue weighted by Gasteiger charge is -2.30. The second-order valence-corrected chi connectivity index (χ2v) is 9.45. The number of anilines is 2. The second kappa shape index (κ2) is 11.7. The Hall–Kier alpha value is -4.12. The number of fused-ring (bicyclic) bond motifs is 1. The number of rotatable bonds is 7. The van der Waals surface area contributed by atoms with E-state index >= 15 is 0 Å². The van der Waals surface area contributed by atoms with Crippen LogP contribution in [0.25, 0.3) is 0 Å². The largest absolute Gasteiger partial charge is 0.485 e. The number of carbonyl (C=O) groups excluding carboxylic acids is 3. The zero-order chi connectivity index (χ0) is 27.4. The lowest BCUT2D eigenvalue weighted by molar-refractivity contribution is -0.143. The summed E-state index contributed by atoms with van der Waals surface area (Å²) in [4.78, 5) is 49.3. The van der Waals surface area contributed by atoms with Gasteiger partial charge in [0.25, 0.3) is 0 Å². The quantitative estimate of drug-likeness (QED) is 0.487. The highest BCUT2D eigenvalue weighted by Crippen LogP contribution is 2.29. The van der Waals surface area contributed by atoms with E-state index in [4.69, 9.17) is 14.2 Å². The number of nitrogens with one attached hydrogen (secondary N) is 2. The lowest BCUT2D eigenvalue weighted by atomic mass is 10.0. The van der Waals surface area contributed by atoms with Crippen LogP contribution in [0.1, 0.15) is 33.6 Å². The van der Waals surface area contributed by atoms with E-state index in [0.717, 1.165) is 5.56 Å². The number of hydrogen-bond acceptors (Lipinski definition) is 10. The molecule has 3 aliphatic rings. The van der Waals surface area contributed by atoms with Gasteiger partial charge < -0.3 is 24.4 Å². The molecule has 2 saturated heterocycles. The van der Waals surface area contributed by atoms with Gasteiger partial charge in [-0.2, -0.15) is 5.26 Å². The summed E-state index contributed by atoms with van der Waals surface area (Å²) in [6.07, 6.45) is 2.90. The molecule has 0 aliphatic carbocycles. The van der Waals surface area contributed by atoms with Crippen LogP contribution in [0.15, 0.2) is 18.3 Å². The average Bonchev–Trinajstić information content (AvgIpc) is 3.40. The number of hydrogen-bond donors (Lipinski definition) is 2. The van der Waals surface area contributed by atoms with E-state index in [0.29, 0.717) is 69.0 Å². The van der Waals surface area contributed by atoms with Crippen molar-refractivity contribution in [2.45, 2.75) is 31.6 Å². The van der Waals surface area contributed by atoms with Gasteiger partial charge in [0.1, 0.15) is 53.5 Å². The fourth-order valence-electron chi connectivity index (χ4n) is 4.92. The highest BCUT2D eigenvalue weighted by molar-refractivity contribution is 6.01. The van der Waals surface area contributed by atoms with Crippen LogP contribution in [-0.4, -0.2) is 91.8 Å². The number of aldehydes is 1. The molecule has 5 heterocycles. The van der Waals surface area contributed by atoms with Crippen molar-refractivity contribution in [1.82, 2.24) is 20.2 Å². The summed E-state index contributed by atoms with van der Waals surface area (Å²) in [5.41, 5.74) is 1.86. The first kappa shape index (κ1) is 26.5. The SMILES string of the molecule is CO[C@H]1CNC[C@@H]1Oc1cc(NC(=O)N2CCCc3cc(CN4CCOCC4=O)c(C=O)nc32)ncc1C#N.